The number of ether oxygens (including phenoxy) is 1. The van der Waals surface area contributed by atoms with Gasteiger partial charge in [-0.25, -0.2) is 0 Å². The molecule has 2 nitrogen and oxygen atoms in total. The predicted molar refractivity (Wildman–Crippen MR) is 42.1 cm³/mol. The summed E-state index contributed by atoms with van der Waals surface area (Å²) in [6.45, 7) is 10.4. The van der Waals surface area contributed by atoms with Gasteiger partial charge in [0, 0.05) is 5.54 Å². The summed E-state index contributed by atoms with van der Waals surface area (Å²) in [6.07, 6.45) is 0. The monoisotopic (exact) mass is 143 g/mol. The Balaban J connectivity index is 2.37. The third-order valence-corrected chi connectivity index (χ3v) is 1.52. The van der Waals surface area contributed by atoms with Crippen LogP contribution in [0.5, 0.6) is 0 Å². The Labute approximate surface area is 63.0 Å². The summed E-state index contributed by atoms with van der Waals surface area (Å²) in [5.74, 6) is 0. The zero-order valence-corrected chi connectivity index (χ0v) is 7.32. The highest BCUT2D eigenvalue weighted by Gasteiger charge is 2.35. The van der Waals surface area contributed by atoms with E-state index in [1.165, 1.54) is 0 Å². The highest BCUT2D eigenvalue weighted by atomic mass is 16.5. The number of nitrogens with one attached hydrogen (secondary N) is 1. The molecule has 1 heterocycles. The molecular weight excluding hydrogens is 126 g/mol. The van der Waals surface area contributed by atoms with Crippen molar-refractivity contribution in [3.8, 4) is 0 Å². The van der Waals surface area contributed by atoms with E-state index in [-0.39, 0.29) is 11.1 Å². The van der Waals surface area contributed by atoms with Crippen LogP contribution in [0.3, 0.4) is 0 Å². The summed E-state index contributed by atoms with van der Waals surface area (Å²) in [5, 5.41) is 3.51. The summed E-state index contributed by atoms with van der Waals surface area (Å²) >= 11 is 0. The highest BCUT2D eigenvalue weighted by Crippen LogP contribution is 2.19. The molecule has 10 heavy (non-hydrogen) atoms. The van der Waals surface area contributed by atoms with Gasteiger partial charge in [0.05, 0.1) is 18.8 Å². The molecule has 0 spiro atoms. The molecule has 1 aliphatic rings. The molecule has 0 saturated carbocycles. The molecule has 0 aromatic heterocycles. The maximum atomic E-state index is 5.12. The van der Waals surface area contributed by atoms with Crippen molar-refractivity contribution >= 4 is 0 Å². The van der Waals surface area contributed by atoms with Crippen LogP contribution in [-0.2, 0) is 4.74 Å². The smallest absolute Gasteiger partial charge is 0.0669 e. The van der Waals surface area contributed by atoms with E-state index in [0.717, 1.165) is 13.2 Å². The van der Waals surface area contributed by atoms with Crippen molar-refractivity contribution in [1.29, 1.82) is 0 Å². The molecule has 1 rings (SSSR count). The van der Waals surface area contributed by atoms with E-state index < -0.39 is 0 Å². The lowest BCUT2D eigenvalue weighted by Gasteiger charge is -2.43. The molecule has 0 aromatic carbocycles. The van der Waals surface area contributed by atoms with Crippen LogP contribution in [0.2, 0.25) is 0 Å². The Morgan fingerprint density at radius 3 is 1.90 bits per heavy atom. The number of hydrogen-bond donors (Lipinski definition) is 1. The largest absolute Gasteiger partial charge is 0.377 e. The second-order valence-electron chi connectivity index (χ2n) is 4.43. The van der Waals surface area contributed by atoms with E-state index in [4.69, 9.17) is 4.74 Å². The van der Waals surface area contributed by atoms with Crippen molar-refractivity contribution < 1.29 is 4.74 Å². The molecule has 1 fully saturated rings. The van der Waals surface area contributed by atoms with Gasteiger partial charge in [0.25, 0.3) is 0 Å². The van der Waals surface area contributed by atoms with Crippen LogP contribution >= 0.6 is 0 Å². The Morgan fingerprint density at radius 1 is 1.30 bits per heavy atom. The van der Waals surface area contributed by atoms with E-state index in [1.807, 2.05) is 0 Å². The maximum absolute atomic E-state index is 5.12. The topological polar surface area (TPSA) is 21.3 Å². The molecule has 0 atom stereocenters. The van der Waals surface area contributed by atoms with Crippen molar-refractivity contribution in [2.75, 3.05) is 13.2 Å². The molecule has 0 aromatic rings. The van der Waals surface area contributed by atoms with Gasteiger partial charge in [-0.05, 0) is 27.7 Å². The first kappa shape index (κ1) is 8.02. The minimum absolute atomic E-state index is 0.207. The van der Waals surface area contributed by atoms with Gasteiger partial charge in [0.15, 0.2) is 0 Å². The zero-order valence-electron chi connectivity index (χ0n) is 7.32. The summed E-state index contributed by atoms with van der Waals surface area (Å²) < 4.78 is 5.12. The lowest BCUT2D eigenvalue weighted by Crippen LogP contribution is -2.63. The normalized spacial score (nSPS) is 24.0. The molecule has 0 radical (unpaired) electrons. The minimum Gasteiger partial charge on any atom is -0.377 e. The van der Waals surface area contributed by atoms with Crippen LogP contribution in [0.4, 0.5) is 0 Å². The van der Waals surface area contributed by atoms with Crippen LogP contribution in [0.25, 0.3) is 0 Å². The van der Waals surface area contributed by atoms with Gasteiger partial charge in [0.2, 0.25) is 0 Å². The second-order valence-corrected chi connectivity index (χ2v) is 4.43. The maximum Gasteiger partial charge on any atom is 0.0669 e. The third kappa shape index (κ3) is 1.96. The van der Waals surface area contributed by atoms with Gasteiger partial charge >= 0.3 is 0 Å². The van der Waals surface area contributed by atoms with Crippen molar-refractivity contribution in [1.82, 2.24) is 5.32 Å². The van der Waals surface area contributed by atoms with Gasteiger partial charge in [-0.15, -0.1) is 0 Å². The van der Waals surface area contributed by atoms with Gasteiger partial charge in [-0.3, -0.25) is 0 Å². The average molecular weight is 143 g/mol. The predicted octanol–water partition coefficient (Wildman–Crippen LogP) is 1.16. The zero-order chi connectivity index (χ0) is 7.83. The summed E-state index contributed by atoms with van der Waals surface area (Å²) in [7, 11) is 0. The van der Waals surface area contributed by atoms with Gasteiger partial charge < -0.3 is 10.1 Å². The summed E-state index contributed by atoms with van der Waals surface area (Å²) in [4.78, 5) is 0. The van der Waals surface area contributed by atoms with Crippen LogP contribution in [-0.4, -0.2) is 24.3 Å². The summed E-state index contributed by atoms with van der Waals surface area (Å²) in [5.41, 5.74) is 0.441. The highest BCUT2D eigenvalue weighted by molar-refractivity contribution is 4.94. The van der Waals surface area contributed by atoms with Crippen molar-refractivity contribution in [3.05, 3.63) is 0 Å². The lowest BCUT2D eigenvalue weighted by molar-refractivity contribution is -0.0746. The van der Waals surface area contributed by atoms with Crippen LogP contribution in [0.1, 0.15) is 27.7 Å². The molecule has 2 heteroatoms. The molecule has 0 bridgehead atoms. The SMILES string of the molecule is CC(C)(C)NC1(C)COC1. The molecular formula is C8H17NO. The van der Waals surface area contributed by atoms with Crippen molar-refractivity contribution in [2.24, 2.45) is 0 Å². The standard InChI is InChI=1S/C8H17NO/c1-7(2,3)9-8(4)5-10-6-8/h9H,5-6H2,1-4H3. The Hall–Kier alpha value is -0.0800. The molecule has 0 aliphatic carbocycles. The van der Waals surface area contributed by atoms with E-state index in [1.54, 1.807) is 0 Å². The fraction of sp³-hybridized carbons (Fsp3) is 1.00. The lowest BCUT2D eigenvalue weighted by atomic mass is 9.95. The first-order valence-corrected chi connectivity index (χ1v) is 3.78. The van der Waals surface area contributed by atoms with Crippen LogP contribution in [0, 0.1) is 0 Å². The first-order chi connectivity index (χ1) is 4.41. The fourth-order valence-corrected chi connectivity index (χ4v) is 1.39. The third-order valence-electron chi connectivity index (χ3n) is 1.52. The quantitative estimate of drug-likeness (QED) is 0.595. The Kier molecular flexibility index (Phi) is 1.77. The van der Waals surface area contributed by atoms with E-state index >= 15 is 0 Å². The van der Waals surface area contributed by atoms with Crippen molar-refractivity contribution in [2.45, 2.75) is 38.8 Å². The molecule has 1 N–H and O–H groups in total. The van der Waals surface area contributed by atoms with Crippen LogP contribution in [0.15, 0.2) is 0 Å². The Morgan fingerprint density at radius 2 is 1.80 bits per heavy atom. The molecule has 0 amide bonds. The minimum atomic E-state index is 0.207. The first-order valence-electron chi connectivity index (χ1n) is 3.78. The van der Waals surface area contributed by atoms with Gasteiger partial charge in [-0.1, -0.05) is 0 Å². The van der Waals surface area contributed by atoms with Crippen molar-refractivity contribution in [3.63, 3.8) is 0 Å². The molecule has 60 valence electrons. The second kappa shape index (κ2) is 2.21. The molecule has 1 aliphatic heterocycles. The Bertz CT molecular complexity index is 122. The molecule has 1 saturated heterocycles. The number of hydrogen-bond acceptors (Lipinski definition) is 2. The van der Waals surface area contributed by atoms with E-state index in [0.29, 0.717) is 0 Å². The average Bonchev–Trinajstić information content (AvgIpc) is 1.57. The van der Waals surface area contributed by atoms with Gasteiger partial charge in [-0.2, -0.15) is 0 Å². The molecule has 0 unspecified atom stereocenters. The van der Waals surface area contributed by atoms with E-state index in [9.17, 15) is 0 Å². The summed E-state index contributed by atoms with van der Waals surface area (Å²) in [6, 6.07) is 0. The number of rotatable bonds is 1. The fourth-order valence-electron chi connectivity index (χ4n) is 1.39. The van der Waals surface area contributed by atoms with E-state index in [2.05, 4.69) is 33.0 Å². The van der Waals surface area contributed by atoms with Crippen LogP contribution < -0.4 is 5.32 Å². The van der Waals surface area contributed by atoms with Gasteiger partial charge in [0.1, 0.15) is 0 Å².